The molecule has 1 aliphatic rings. The van der Waals surface area contributed by atoms with Crippen LogP contribution in [0.1, 0.15) is 6.92 Å². The summed E-state index contributed by atoms with van der Waals surface area (Å²) >= 11 is 0. The first-order valence-corrected chi connectivity index (χ1v) is 4.33. The van der Waals surface area contributed by atoms with Crippen LogP contribution in [0.15, 0.2) is 23.9 Å². The van der Waals surface area contributed by atoms with E-state index < -0.39 is 24.4 Å². The molecule has 16 heavy (non-hydrogen) atoms. The SMILES string of the molecule is CC(O)(N1C=CC=C(C(=O)O)C1)C(F)(F)F. The van der Waals surface area contributed by atoms with Gasteiger partial charge in [0.25, 0.3) is 0 Å². The maximum Gasteiger partial charge on any atom is 0.436 e. The van der Waals surface area contributed by atoms with E-state index in [9.17, 15) is 23.1 Å². The Bertz CT molecular complexity index is 358. The lowest BCUT2D eigenvalue weighted by Crippen LogP contribution is -2.55. The molecule has 1 aliphatic heterocycles. The predicted octanol–water partition coefficient (Wildman–Crippen LogP) is 1.10. The molecular weight excluding hydrogens is 227 g/mol. The van der Waals surface area contributed by atoms with Gasteiger partial charge in [0.2, 0.25) is 5.72 Å². The quantitative estimate of drug-likeness (QED) is 0.755. The first-order chi connectivity index (χ1) is 7.16. The third-order valence-corrected chi connectivity index (χ3v) is 2.28. The number of carbonyl (C=O) groups is 1. The zero-order valence-corrected chi connectivity index (χ0v) is 8.32. The van der Waals surface area contributed by atoms with Crippen molar-refractivity contribution in [3.63, 3.8) is 0 Å². The molecule has 4 nitrogen and oxygen atoms in total. The largest absolute Gasteiger partial charge is 0.478 e. The number of hydrogen-bond acceptors (Lipinski definition) is 3. The van der Waals surface area contributed by atoms with Crippen molar-refractivity contribution in [1.82, 2.24) is 4.90 Å². The van der Waals surface area contributed by atoms with E-state index in [0.717, 1.165) is 12.3 Å². The summed E-state index contributed by atoms with van der Waals surface area (Å²) in [4.78, 5) is 11.1. The van der Waals surface area contributed by atoms with Crippen molar-refractivity contribution in [2.75, 3.05) is 6.54 Å². The number of allylic oxidation sites excluding steroid dienone is 2. The van der Waals surface area contributed by atoms with Gasteiger partial charge in [-0.05, 0) is 19.1 Å². The van der Waals surface area contributed by atoms with E-state index in [1.807, 2.05) is 0 Å². The van der Waals surface area contributed by atoms with Gasteiger partial charge in [0.15, 0.2) is 0 Å². The van der Waals surface area contributed by atoms with Crippen LogP contribution in [0.2, 0.25) is 0 Å². The number of carboxylic acid groups (broad SMARTS) is 1. The number of rotatable bonds is 2. The average molecular weight is 237 g/mol. The Morgan fingerprint density at radius 1 is 1.50 bits per heavy atom. The fraction of sp³-hybridized carbons (Fsp3) is 0.444. The van der Waals surface area contributed by atoms with E-state index in [4.69, 9.17) is 5.11 Å². The van der Waals surface area contributed by atoms with Gasteiger partial charge in [-0.25, -0.2) is 4.79 Å². The summed E-state index contributed by atoms with van der Waals surface area (Å²) in [7, 11) is 0. The number of nitrogens with zero attached hydrogens (tertiary/aromatic N) is 1. The lowest BCUT2D eigenvalue weighted by molar-refractivity contribution is -0.297. The molecule has 2 N–H and O–H groups in total. The number of hydrogen-bond donors (Lipinski definition) is 2. The van der Waals surface area contributed by atoms with Gasteiger partial charge in [0, 0.05) is 6.20 Å². The third kappa shape index (κ3) is 2.19. The van der Waals surface area contributed by atoms with Crippen LogP contribution in [0, 0.1) is 0 Å². The molecule has 0 saturated heterocycles. The molecule has 0 radical (unpaired) electrons. The lowest BCUT2D eigenvalue weighted by atomic mass is 10.1. The van der Waals surface area contributed by atoms with E-state index in [1.165, 1.54) is 6.08 Å². The van der Waals surface area contributed by atoms with Crippen LogP contribution >= 0.6 is 0 Å². The summed E-state index contributed by atoms with van der Waals surface area (Å²) in [5.41, 5.74) is -3.30. The fourth-order valence-corrected chi connectivity index (χ4v) is 1.15. The molecule has 1 atom stereocenters. The molecule has 0 amide bonds. The third-order valence-electron chi connectivity index (χ3n) is 2.28. The first-order valence-electron chi connectivity index (χ1n) is 4.33. The van der Waals surface area contributed by atoms with Crippen LogP contribution in [0.3, 0.4) is 0 Å². The highest BCUT2D eigenvalue weighted by atomic mass is 19.4. The number of halogens is 3. The van der Waals surface area contributed by atoms with E-state index in [-0.39, 0.29) is 5.57 Å². The summed E-state index contributed by atoms with van der Waals surface area (Å²) in [5, 5.41) is 17.9. The van der Waals surface area contributed by atoms with E-state index in [1.54, 1.807) is 0 Å². The Labute approximate surface area is 89.3 Å². The average Bonchev–Trinajstić information content (AvgIpc) is 2.16. The second-order valence-electron chi connectivity index (χ2n) is 3.49. The van der Waals surface area contributed by atoms with Crippen LogP contribution in [0.25, 0.3) is 0 Å². The molecule has 0 fully saturated rings. The summed E-state index contributed by atoms with van der Waals surface area (Å²) in [6, 6.07) is 0. The van der Waals surface area contributed by atoms with Crippen LogP contribution in [0.5, 0.6) is 0 Å². The zero-order valence-electron chi connectivity index (χ0n) is 8.32. The maximum atomic E-state index is 12.5. The lowest BCUT2D eigenvalue weighted by Gasteiger charge is -2.38. The zero-order chi connectivity index (χ0) is 12.6. The normalized spacial score (nSPS) is 20.3. The second-order valence-corrected chi connectivity index (χ2v) is 3.49. The molecule has 0 aromatic rings. The number of alkyl halides is 3. The summed E-state index contributed by atoms with van der Waals surface area (Å²) in [6.45, 7) is 0.0699. The van der Waals surface area contributed by atoms with Gasteiger partial charge in [-0.2, -0.15) is 13.2 Å². The second kappa shape index (κ2) is 3.82. The Morgan fingerprint density at radius 3 is 2.50 bits per heavy atom. The molecule has 0 aliphatic carbocycles. The first kappa shape index (κ1) is 12.6. The van der Waals surface area contributed by atoms with Gasteiger partial charge in [0.1, 0.15) is 0 Å². The van der Waals surface area contributed by atoms with Gasteiger partial charge < -0.3 is 15.1 Å². The van der Waals surface area contributed by atoms with Crippen molar-refractivity contribution in [3.05, 3.63) is 23.9 Å². The van der Waals surface area contributed by atoms with Gasteiger partial charge in [-0.1, -0.05) is 0 Å². The minimum absolute atomic E-state index is 0.216. The van der Waals surface area contributed by atoms with E-state index in [0.29, 0.717) is 11.8 Å². The fourth-order valence-electron chi connectivity index (χ4n) is 1.15. The smallest absolute Gasteiger partial charge is 0.436 e. The van der Waals surface area contributed by atoms with Crippen molar-refractivity contribution >= 4 is 5.97 Å². The van der Waals surface area contributed by atoms with Crippen molar-refractivity contribution in [2.45, 2.75) is 18.8 Å². The highest BCUT2D eigenvalue weighted by Gasteiger charge is 2.53. The molecule has 0 aromatic heterocycles. The number of aliphatic hydroxyl groups is 1. The van der Waals surface area contributed by atoms with Gasteiger partial charge in [-0.3, -0.25) is 0 Å². The van der Waals surface area contributed by atoms with Crippen molar-refractivity contribution in [3.8, 4) is 0 Å². The Hall–Kier alpha value is -1.50. The molecule has 1 rings (SSSR count). The molecule has 0 spiro atoms. The Balaban J connectivity index is 2.91. The molecule has 1 unspecified atom stereocenters. The molecule has 0 bridgehead atoms. The van der Waals surface area contributed by atoms with E-state index >= 15 is 0 Å². The standard InChI is InChI=1S/C9H10F3NO3/c1-8(16,9(10,11)12)13-4-2-3-6(5-13)7(14)15/h2-4,16H,5H2,1H3,(H,14,15). The molecule has 90 valence electrons. The predicted molar refractivity (Wildman–Crippen MR) is 48.2 cm³/mol. The summed E-state index contributed by atoms with van der Waals surface area (Å²) < 4.78 is 37.4. The van der Waals surface area contributed by atoms with Crippen LogP contribution in [-0.2, 0) is 4.79 Å². The van der Waals surface area contributed by atoms with Crippen LogP contribution < -0.4 is 0 Å². The molecule has 7 heteroatoms. The highest BCUT2D eigenvalue weighted by Crippen LogP contribution is 2.34. The van der Waals surface area contributed by atoms with Crippen molar-refractivity contribution in [1.29, 1.82) is 0 Å². The highest BCUT2D eigenvalue weighted by molar-refractivity contribution is 5.87. The van der Waals surface area contributed by atoms with Gasteiger partial charge in [0.05, 0.1) is 12.1 Å². The monoisotopic (exact) mass is 237 g/mol. The van der Waals surface area contributed by atoms with Crippen LogP contribution in [0.4, 0.5) is 13.2 Å². The molecular formula is C9H10F3NO3. The van der Waals surface area contributed by atoms with E-state index in [2.05, 4.69) is 0 Å². The summed E-state index contributed by atoms with van der Waals surface area (Å²) in [6.07, 6.45) is -1.53. The van der Waals surface area contributed by atoms with Crippen LogP contribution in [-0.4, -0.2) is 39.5 Å². The number of aliphatic carboxylic acids is 1. The Morgan fingerprint density at radius 2 is 2.06 bits per heavy atom. The van der Waals surface area contributed by atoms with Gasteiger partial charge in [-0.15, -0.1) is 0 Å². The van der Waals surface area contributed by atoms with Crippen molar-refractivity contribution in [2.24, 2.45) is 0 Å². The minimum Gasteiger partial charge on any atom is -0.478 e. The van der Waals surface area contributed by atoms with Crippen molar-refractivity contribution < 1.29 is 28.2 Å². The van der Waals surface area contributed by atoms with Gasteiger partial charge >= 0.3 is 12.1 Å². The number of carboxylic acids is 1. The maximum absolute atomic E-state index is 12.5. The molecule has 1 heterocycles. The molecule has 0 saturated carbocycles. The minimum atomic E-state index is -4.86. The summed E-state index contributed by atoms with van der Waals surface area (Å²) in [5.74, 6) is -1.31. The molecule has 0 aromatic carbocycles. The topological polar surface area (TPSA) is 60.8 Å². The Kier molecular flexibility index (Phi) is 3.00.